The van der Waals surface area contributed by atoms with Gasteiger partial charge < -0.3 is 5.32 Å². The summed E-state index contributed by atoms with van der Waals surface area (Å²) in [5.74, 6) is 0.421. The first-order valence-corrected chi connectivity index (χ1v) is 7.66. The quantitative estimate of drug-likeness (QED) is 0.839. The summed E-state index contributed by atoms with van der Waals surface area (Å²) in [7, 11) is -1.65. The standard InChI is InChI=1S/C11H20N4O2S/c1-9-4-3-5-15(8-9)18(16,17)11-10(6-12-2)7-13-14-11/h7,9,12H,3-6,8H2,1-2H3,(H,13,14). The van der Waals surface area contributed by atoms with Crippen LogP contribution in [0.25, 0.3) is 0 Å². The lowest BCUT2D eigenvalue weighted by molar-refractivity contribution is 0.280. The summed E-state index contributed by atoms with van der Waals surface area (Å²) in [5, 5.41) is 9.65. The molecule has 0 saturated carbocycles. The number of sulfonamides is 1. The Labute approximate surface area is 108 Å². The Morgan fingerprint density at radius 1 is 1.61 bits per heavy atom. The van der Waals surface area contributed by atoms with Crippen molar-refractivity contribution in [2.45, 2.75) is 31.3 Å². The Kier molecular flexibility index (Phi) is 4.04. The number of nitrogens with zero attached hydrogens (tertiary/aromatic N) is 2. The number of nitrogens with one attached hydrogen (secondary N) is 2. The predicted molar refractivity (Wildman–Crippen MR) is 68.5 cm³/mol. The largest absolute Gasteiger partial charge is 0.316 e. The molecule has 1 aromatic heterocycles. The summed E-state index contributed by atoms with van der Waals surface area (Å²) in [6, 6.07) is 0. The number of aromatic nitrogens is 2. The summed E-state index contributed by atoms with van der Waals surface area (Å²) in [6.45, 7) is 3.78. The summed E-state index contributed by atoms with van der Waals surface area (Å²) in [5.41, 5.74) is 0.690. The van der Waals surface area contributed by atoms with Crippen molar-refractivity contribution < 1.29 is 8.42 Å². The van der Waals surface area contributed by atoms with E-state index in [0.29, 0.717) is 31.1 Å². The first-order chi connectivity index (χ1) is 8.55. The fourth-order valence-corrected chi connectivity index (χ4v) is 4.04. The normalized spacial score (nSPS) is 22.2. The molecule has 0 bridgehead atoms. The van der Waals surface area contributed by atoms with Gasteiger partial charge in [0.05, 0.1) is 6.20 Å². The molecule has 2 heterocycles. The molecule has 2 rings (SSSR count). The first kappa shape index (κ1) is 13.5. The Morgan fingerprint density at radius 2 is 2.39 bits per heavy atom. The molecule has 1 aliphatic rings. The zero-order chi connectivity index (χ0) is 13.2. The van der Waals surface area contributed by atoms with Crippen molar-refractivity contribution in [3.63, 3.8) is 0 Å². The molecule has 102 valence electrons. The van der Waals surface area contributed by atoms with Crippen molar-refractivity contribution in [1.82, 2.24) is 19.8 Å². The highest BCUT2D eigenvalue weighted by Gasteiger charge is 2.31. The molecule has 0 aliphatic carbocycles. The topological polar surface area (TPSA) is 78.1 Å². The summed E-state index contributed by atoms with van der Waals surface area (Å²) >= 11 is 0. The van der Waals surface area contributed by atoms with Crippen LogP contribution in [0.15, 0.2) is 11.2 Å². The highest BCUT2D eigenvalue weighted by Crippen LogP contribution is 2.24. The van der Waals surface area contributed by atoms with Crippen LogP contribution < -0.4 is 5.32 Å². The van der Waals surface area contributed by atoms with Crippen LogP contribution in [0, 0.1) is 5.92 Å². The smallest absolute Gasteiger partial charge is 0.260 e. The maximum absolute atomic E-state index is 12.5. The average Bonchev–Trinajstić information content (AvgIpc) is 2.78. The molecular weight excluding hydrogens is 252 g/mol. The third-order valence-electron chi connectivity index (χ3n) is 3.26. The second-order valence-electron chi connectivity index (χ2n) is 4.87. The maximum Gasteiger partial charge on any atom is 0.260 e. The van der Waals surface area contributed by atoms with Gasteiger partial charge in [-0.15, -0.1) is 0 Å². The monoisotopic (exact) mass is 272 g/mol. The van der Waals surface area contributed by atoms with Crippen LogP contribution in [0.5, 0.6) is 0 Å². The molecule has 6 nitrogen and oxygen atoms in total. The molecule has 0 aromatic carbocycles. The van der Waals surface area contributed by atoms with Crippen LogP contribution in [0.4, 0.5) is 0 Å². The molecule has 1 aromatic rings. The van der Waals surface area contributed by atoms with E-state index in [0.717, 1.165) is 12.8 Å². The lowest BCUT2D eigenvalue weighted by Crippen LogP contribution is -2.39. The molecule has 7 heteroatoms. The lowest BCUT2D eigenvalue weighted by Gasteiger charge is -2.29. The Bertz CT molecular complexity index is 497. The van der Waals surface area contributed by atoms with Gasteiger partial charge in [0, 0.05) is 25.2 Å². The van der Waals surface area contributed by atoms with Crippen LogP contribution in [0.3, 0.4) is 0 Å². The van der Waals surface area contributed by atoms with Gasteiger partial charge in [-0.1, -0.05) is 6.92 Å². The number of aromatic amines is 1. The molecule has 18 heavy (non-hydrogen) atoms. The third-order valence-corrected chi connectivity index (χ3v) is 5.14. The molecule has 0 amide bonds. The van der Waals surface area contributed by atoms with E-state index in [9.17, 15) is 8.42 Å². The summed E-state index contributed by atoms with van der Waals surface area (Å²) in [4.78, 5) is 0. The molecule has 1 fully saturated rings. The highest BCUT2D eigenvalue weighted by molar-refractivity contribution is 7.89. The van der Waals surface area contributed by atoms with Crippen molar-refractivity contribution >= 4 is 10.0 Å². The van der Waals surface area contributed by atoms with Gasteiger partial charge >= 0.3 is 0 Å². The van der Waals surface area contributed by atoms with E-state index < -0.39 is 10.0 Å². The minimum absolute atomic E-state index is 0.228. The van der Waals surface area contributed by atoms with Gasteiger partial charge in [-0.05, 0) is 25.8 Å². The number of rotatable bonds is 4. The van der Waals surface area contributed by atoms with Gasteiger partial charge in [0.1, 0.15) is 0 Å². The predicted octanol–water partition coefficient (Wildman–Crippen LogP) is 0.550. The second kappa shape index (κ2) is 5.38. The molecule has 1 atom stereocenters. The average molecular weight is 272 g/mol. The fraction of sp³-hybridized carbons (Fsp3) is 0.727. The molecule has 1 unspecified atom stereocenters. The first-order valence-electron chi connectivity index (χ1n) is 6.22. The molecular formula is C11H20N4O2S. The van der Waals surface area contributed by atoms with Crippen LogP contribution in [-0.2, 0) is 16.6 Å². The van der Waals surface area contributed by atoms with E-state index in [1.807, 2.05) is 0 Å². The van der Waals surface area contributed by atoms with Gasteiger partial charge in [-0.3, -0.25) is 5.10 Å². The van der Waals surface area contributed by atoms with Crippen molar-refractivity contribution in [2.24, 2.45) is 5.92 Å². The van der Waals surface area contributed by atoms with Crippen LogP contribution >= 0.6 is 0 Å². The molecule has 0 spiro atoms. The van der Waals surface area contributed by atoms with E-state index in [-0.39, 0.29) is 5.03 Å². The van der Waals surface area contributed by atoms with Crippen molar-refractivity contribution in [1.29, 1.82) is 0 Å². The zero-order valence-electron chi connectivity index (χ0n) is 10.8. The van der Waals surface area contributed by atoms with Crippen LogP contribution in [-0.4, -0.2) is 43.1 Å². The molecule has 0 radical (unpaired) electrons. The van der Waals surface area contributed by atoms with Crippen molar-refractivity contribution in [3.8, 4) is 0 Å². The number of hydrogen-bond donors (Lipinski definition) is 2. The Balaban J connectivity index is 2.26. The maximum atomic E-state index is 12.5. The van der Waals surface area contributed by atoms with E-state index >= 15 is 0 Å². The van der Waals surface area contributed by atoms with E-state index in [4.69, 9.17) is 0 Å². The second-order valence-corrected chi connectivity index (χ2v) is 6.74. The fourth-order valence-electron chi connectivity index (χ4n) is 2.33. The van der Waals surface area contributed by atoms with Crippen molar-refractivity contribution in [3.05, 3.63) is 11.8 Å². The third kappa shape index (κ3) is 2.57. The van der Waals surface area contributed by atoms with E-state index in [2.05, 4.69) is 22.4 Å². The van der Waals surface area contributed by atoms with Gasteiger partial charge in [-0.25, -0.2) is 8.42 Å². The summed E-state index contributed by atoms with van der Waals surface area (Å²) < 4.78 is 26.6. The van der Waals surface area contributed by atoms with Gasteiger partial charge in [0.15, 0.2) is 5.03 Å². The minimum atomic E-state index is -3.43. The van der Waals surface area contributed by atoms with Crippen molar-refractivity contribution in [2.75, 3.05) is 20.1 Å². The number of piperidine rings is 1. The minimum Gasteiger partial charge on any atom is -0.316 e. The SMILES string of the molecule is CNCc1cn[nH]c1S(=O)(=O)N1CCCC(C)C1. The van der Waals surface area contributed by atoms with E-state index in [1.54, 1.807) is 17.5 Å². The molecule has 2 N–H and O–H groups in total. The van der Waals surface area contributed by atoms with Crippen LogP contribution in [0.1, 0.15) is 25.3 Å². The van der Waals surface area contributed by atoms with Crippen LogP contribution in [0.2, 0.25) is 0 Å². The Hall–Kier alpha value is -0.920. The highest BCUT2D eigenvalue weighted by atomic mass is 32.2. The number of H-pyrrole nitrogens is 1. The number of hydrogen-bond acceptors (Lipinski definition) is 4. The molecule has 1 aliphatic heterocycles. The Morgan fingerprint density at radius 3 is 3.06 bits per heavy atom. The van der Waals surface area contributed by atoms with Gasteiger partial charge in [0.25, 0.3) is 10.0 Å². The van der Waals surface area contributed by atoms with Gasteiger partial charge in [-0.2, -0.15) is 9.40 Å². The lowest BCUT2D eigenvalue weighted by atomic mass is 10.0. The summed E-state index contributed by atoms with van der Waals surface area (Å²) in [6.07, 6.45) is 3.59. The molecule has 1 saturated heterocycles. The van der Waals surface area contributed by atoms with Gasteiger partial charge in [0.2, 0.25) is 0 Å². The zero-order valence-corrected chi connectivity index (χ0v) is 11.6. The van der Waals surface area contributed by atoms with E-state index in [1.165, 1.54) is 0 Å².